The van der Waals surface area contributed by atoms with Crippen molar-refractivity contribution in [3.8, 4) is 0 Å². The summed E-state index contributed by atoms with van der Waals surface area (Å²) in [5.41, 5.74) is 4.71. The Balaban J connectivity index is 1.77. The molecule has 1 heterocycles. The average Bonchev–Trinajstić information content (AvgIpc) is 2.55. The van der Waals surface area contributed by atoms with Crippen LogP contribution in [0.25, 0.3) is 16.8 Å². The molecule has 0 spiro atoms. The van der Waals surface area contributed by atoms with E-state index >= 15 is 0 Å². The normalized spacial score (nSPS) is 12.7. The molecule has 0 unspecified atom stereocenters. The zero-order valence-electron chi connectivity index (χ0n) is 11.6. The molecule has 0 atom stereocenters. The van der Waals surface area contributed by atoms with E-state index in [0.717, 1.165) is 5.56 Å². The van der Waals surface area contributed by atoms with E-state index in [1.54, 1.807) is 0 Å². The predicted octanol–water partition coefficient (Wildman–Crippen LogP) is 3.72. The molecule has 3 aromatic carbocycles. The predicted molar refractivity (Wildman–Crippen MR) is 93.1 cm³/mol. The summed E-state index contributed by atoms with van der Waals surface area (Å²) in [5.74, 6) is 0. The SMILES string of the molecule is C=Cc1ccc(B2Nc3cccc4cccc(c34)N2)cc1. The summed E-state index contributed by atoms with van der Waals surface area (Å²) >= 11 is 0. The third-order valence-corrected chi connectivity index (χ3v) is 4.01. The Kier molecular flexibility index (Phi) is 2.71. The van der Waals surface area contributed by atoms with Gasteiger partial charge in [-0.05, 0) is 28.5 Å². The Labute approximate surface area is 124 Å². The van der Waals surface area contributed by atoms with E-state index in [2.05, 4.69) is 77.7 Å². The van der Waals surface area contributed by atoms with Crippen LogP contribution >= 0.6 is 0 Å². The maximum absolute atomic E-state index is 3.80. The van der Waals surface area contributed by atoms with Gasteiger partial charge in [-0.2, -0.15) is 0 Å². The monoisotopic (exact) mass is 270 g/mol. The van der Waals surface area contributed by atoms with E-state index in [1.165, 1.54) is 27.6 Å². The highest BCUT2D eigenvalue weighted by Gasteiger charge is 2.24. The van der Waals surface area contributed by atoms with Crippen LogP contribution < -0.4 is 15.9 Å². The van der Waals surface area contributed by atoms with Crippen molar-refractivity contribution < 1.29 is 0 Å². The van der Waals surface area contributed by atoms with Gasteiger partial charge in [0.2, 0.25) is 0 Å². The van der Waals surface area contributed by atoms with E-state index in [1.807, 2.05) is 6.08 Å². The zero-order chi connectivity index (χ0) is 14.2. The van der Waals surface area contributed by atoms with Gasteiger partial charge in [-0.15, -0.1) is 0 Å². The Morgan fingerprint density at radius 2 is 1.43 bits per heavy atom. The first-order chi connectivity index (χ1) is 10.3. The lowest BCUT2D eigenvalue weighted by atomic mass is 9.66. The fourth-order valence-corrected chi connectivity index (χ4v) is 2.92. The van der Waals surface area contributed by atoms with Crippen molar-refractivity contribution in [2.75, 3.05) is 10.5 Å². The van der Waals surface area contributed by atoms with Crippen molar-refractivity contribution in [3.05, 3.63) is 72.8 Å². The number of hydrogen-bond donors (Lipinski definition) is 2. The van der Waals surface area contributed by atoms with Gasteiger partial charge in [0.15, 0.2) is 0 Å². The molecule has 4 rings (SSSR count). The number of nitrogens with one attached hydrogen (secondary N) is 2. The quantitative estimate of drug-likeness (QED) is 0.693. The Morgan fingerprint density at radius 1 is 0.810 bits per heavy atom. The van der Waals surface area contributed by atoms with Gasteiger partial charge in [0, 0.05) is 16.8 Å². The lowest BCUT2D eigenvalue weighted by molar-refractivity contribution is 1.59. The number of anilines is 2. The van der Waals surface area contributed by atoms with Crippen molar-refractivity contribution in [2.45, 2.75) is 0 Å². The molecule has 1 aliphatic heterocycles. The molecule has 0 fully saturated rings. The van der Waals surface area contributed by atoms with Crippen LogP contribution in [0.15, 0.2) is 67.2 Å². The molecular weight excluding hydrogens is 255 g/mol. The fourth-order valence-electron chi connectivity index (χ4n) is 2.92. The number of hydrogen-bond acceptors (Lipinski definition) is 2. The van der Waals surface area contributed by atoms with Crippen LogP contribution in [-0.2, 0) is 0 Å². The standard InChI is InChI=1S/C18H15BN2/c1-2-13-9-11-15(12-10-13)19-20-16-7-3-5-14-6-4-8-17(21-19)18(14)16/h2-12,20-21H,1H2. The second kappa shape index (κ2) is 4.71. The molecule has 2 nitrogen and oxygen atoms in total. The van der Waals surface area contributed by atoms with Gasteiger partial charge < -0.3 is 10.5 Å². The molecule has 1 aliphatic rings. The molecule has 3 aromatic rings. The second-order valence-corrected chi connectivity index (χ2v) is 5.30. The molecule has 0 bridgehead atoms. The summed E-state index contributed by atoms with van der Waals surface area (Å²) in [6.07, 6.45) is 1.86. The minimum atomic E-state index is 0.0874. The second-order valence-electron chi connectivity index (χ2n) is 5.30. The van der Waals surface area contributed by atoms with Crippen LogP contribution in [0, 0.1) is 0 Å². The Bertz CT molecular complexity index is 783. The summed E-state index contributed by atoms with van der Waals surface area (Å²) in [6, 6.07) is 21.2. The summed E-state index contributed by atoms with van der Waals surface area (Å²) in [7, 11) is 0. The molecule has 2 N–H and O–H groups in total. The van der Waals surface area contributed by atoms with E-state index < -0.39 is 0 Å². The topological polar surface area (TPSA) is 24.1 Å². The maximum atomic E-state index is 3.80. The Morgan fingerprint density at radius 3 is 2.00 bits per heavy atom. The highest BCUT2D eigenvalue weighted by atomic mass is 15.0. The molecule has 0 aliphatic carbocycles. The van der Waals surface area contributed by atoms with Crippen LogP contribution in [0.3, 0.4) is 0 Å². The lowest BCUT2D eigenvalue weighted by Crippen LogP contribution is -2.47. The first-order valence-corrected chi connectivity index (χ1v) is 7.12. The fraction of sp³-hybridized carbons (Fsp3) is 0. The molecule has 0 aromatic heterocycles. The van der Waals surface area contributed by atoms with E-state index in [9.17, 15) is 0 Å². The largest absolute Gasteiger partial charge is 0.406 e. The van der Waals surface area contributed by atoms with Crippen molar-refractivity contribution in [1.82, 2.24) is 0 Å². The van der Waals surface area contributed by atoms with Crippen LogP contribution in [0.2, 0.25) is 0 Å². The van der Waals surface area contributed by atoms with Crippen LogP contribution in [0.5, 0.6) is 0 Å². The molecular formula is C18H15BN2. The molecule has 0 saturated heterocycles. The third-order valence-electron chi connectivity index (χ3n) is 4.01. The minimum Gasteiger partial charge on any atom is -0.405 e. The molecule has 100 valence electrons. The van der Waals surface area contributed by atoms with Gasteiger partial charge in [-0.3, -0.25) is 0 Å². The first kappa shape index (κ1) is 12.1. The first-order valence-electron chi connectivity index (χ1n) is 7.12. The van der Waals surface area contributed by atoms with Crippen molar-refractivity contribution in [1.29, 1.82) is 0 Å². The van der Waals surface area contributed by atoms with Gasteiger partial charge in [-0.1, -0.05) is 61.2 Å². The summed E-state index contributed by atoms with van der Waals surface area (Å²) in [5, 5.41) is 9.67. The average molecular weight is 270 g/mol. The summed E-state index contributed by atoms with van der Waals surface area (Å²) < 4.78 is 0. The molecule has 21 heavy (non-hydrogen) atoms. The lowest BCUT2D eigenvalue weighted by Gasteiger charge is -2.26. The van der Waals surface area contributed by atoms with Gasteiger partial charge >= 0.3 is 6.98 Å². The van der Waals surface area contributed by atoms with Crippen LogP contribution in [0.4, 0.5) is 11.4 Å². The van der Waals surface area contributed by atoms with Crippen molar-refractivity contribution in [3.63, 3.8) is 0 Å². The third kappa shape index (κ3) is 1.98. The number of rotatable bonds is 2. The molecule has 0 radical (unpaired) electrons. The highest BCUT2D eigenvalue weighted by molar-refractivity contribution is 6.80. The van der Waals surface area contributed by atoms with Gasteiger partial charge in [0.25, 0.3) is 0 Å². The van der Waals surface area contributed by atoms with Gasteiger partial charge in [0.05, 0.1) is 0 Å². The molecule has 0 amide bonds. The van der Waals surface area contributed by atoms with Crippen LogP contribution in [-0.4, -0.2) is 6.98 Å². The van der Waals surface area contributed by atoms with Gasteiger partial charge in [0.1, 0.15) is 0 Å². The van der Waals surface area contributed by atoms with E-state index in [0.29, 0.717) is 0 Å². The summed E-state index contributed by atoms with van der Waals surface area (Å²) in [4.78, 5) is 0. The van der Waals surface area contributed by atoms with Crippen molar-refractivity contribution in [2.24, 2.45) is 0 Å². The van der Waals surface area contributed by atoms with E-state index in [4.69, 9.17) is 0 Å². The molecule has 3 heteroatoms. The zero-order valence-corrected chi connectivity index (χ0v) is 11.6. The highest BCUT2D eigenvalue weighted by Crippen LogP contribution is 2.33. The van der Waals surface area contributed by atoms with Crippen molar-refractivity contribution >= 4 is 40.7 Å². The number of benzene rings is 3. The van der Waals surface area contributed by atoms with E-state index in [-0.39, 0.29) is 6.98 Å². The Hall–Kier alpha value is -2.68. The smallest absolute Gasteiger partial charge is 0.405 e. The van der Waals surface area contributed by atoms with Gasteiger partial charge in [-0.25, -0.2) is 0 Å². The maximum Gasteiger partial charge on any atom is 0.406 e. The van der Waals surface area contributed by atoms with Crippen LogP contribution in [0.1, 0.15) is 5.56 Å². The minimum absolute atomic E-state index is 0.0874. The molecule has 0 saturated carbocycles. The summed E-state index contributed by atoms with van der Waals surface area (Å²) in [6.45, 7) is 3.88.